The molecular formula is C14H24N2O4S. The number of hydrogen-bond acceptors (Lipinski definition) is 6. The summed E-state index contributed by atoms with van der Waals surface area (Å²) < 4.78 is 33.0. The van der Waals surface area contributed by atoms with E-state index in [0.29, 0.717) is 25.5 Å². The first-order chi connectivity index (χ1) is 9.95. The predicted molar refractivity (Wildman–Crippen MR) is 84.4 cm³/mol. The van der Waals surface area contributed by atoms with Gasteiger partial charge in [-0.15, -0.1) is 0 Å². The Morgan fingerprint density at radius 3 is 2.57 bits per heavy atom. The van der Waals surface area contributed by atoms with Crippen LogP contribution in [-0.4, -0.2) is 48.1 Å². The first-order valence-electron chi connectivity index (χ1n) is 6.85. The van der Waals surface area contributed by atoms with Gasteiger partial charge in [-0.05, 0) is 31.0 Å². The van der Waals surface area contributed by atoms with Crippen molar-refractivity contribution in [3.63, 3.8) is 0 Å². The monoisotopic (exact) mass is 316 g/mol. The zero-order chi connectivity index (χ0) is 15.7. The summed E-state index contributed by atoms with van der Waals surface area (Å²) in [5.74, 6) is 0. The summed E-state index contributed by atoms with van der Waals surface area (Å²) in [4.78, 5) is 0.233. The van der Waals surface area contributed by atoms with Crippen LogP contribution in [0, 0.1) is 0 Å². The van der Waals surface area contributed by atoms with Crippen LogP contribution in [0.2, 0.25) is 0 Å². The third-order valence-corrected chi connectivity index (χ3v) is 4.02. The molecule has 1 aromatic carbocycles. The highest BCUT2D eigenvalue weighted by Gasteiger charge is 2.09. The molecular weight excluding hydrogens is 292 g/mol. The Morgan fingerprint density at radius 2 is 1.95 bits per heavy atom. The molecule has 21 heavy (non-hydrogen) atoms. The van der Waals surface area contributed by atoms with E-state index in [2.05, 4.69) is 5.32 Å². The fraction of sp³-hybridized carbons (Fsp3) is 0.571. The van der Waals surface area contributed by atoms with Crippen molar-refractivity contribution < 1.29 is 17.9 Å². The van der Waals surface area contributed by atoms with Crippen LogP contribution < -0.4 is 11.1 Å². The number of anilines is 2. The van der Waals surface area contributed by atoms with Crippen LogP contribution >= 0.6 is 0 Å². The lowest BCUT2D eigenvalue weighted by Gasteiger charge is -2.10. The molecule has 0 aromatic heterocycles. The summed E-state index contributed by atoms with van der Waals surface area (Å²) in [5.41, 5.74) is 7.04. The van der Waals surface area contributed by atoms with Gasteiger partial charge in [-0.3, -0.25) is 0 Å². The minimum absolute atomic E-state index is 0.233. The molecule has 0 fully saturated rings. The third-order valence-electron chi connectivity index (χ3n) is 2.91. The Balaban J connectivity index is 2.30. The first kappa shape index (κ1) is 17.7. The minimum atomic E-state index is -3.22. The molecule has 120 valence electrons. The number of nitrogens with two attached hydrogens (primary N) is 1. The van der Waals surface area contributed by atoms with E-state index in [1.807, 2.05) is 0 Å². The van der Waals surface area contributed by atoms with Crippen molar-refractivity contribution in [3.8, 4) is 0 Å². The Bertz CT molecular complexity index is 532. The standard InChI is InChI=1S/C14H24N2O4S/c1-19-9-10-20-8-4-3-7-16-14-6-5-12(11-13(14)15)21(2,17)18/h5-6,11,16H,3-4,7-10,15H2,1-2H3. The van der Waals surface area contributed by atoms with E-state index in [1.54, 1.807) is 19.2 Å². The molecule has 0 bridgehead atoms. The molecule has 0 unspecified atom stereocenters. The van der Waals surface area contributed by atoms with E-state index in [4.69, 9.17) is 15.2 Å². The van der Waals surface area contributed by atoms with Crippen LogP contribution in [0.4, 0.5) is 11.4 Å². The Morgan fingerprint density at radius 1 is 1.19 bits per heavy atom. The number of methoxy groups -OCH3 is 1. The van der Waals surface area contributed by atoms with E-state index in [1.165, 1.54) is 12.3 Å². The van der Waals surface area contributed by atoms with Crippen molar-refractivity contribution in [2.24, 2.45) is 0 Å². The van der Waals surface area contributed by atoms with Gasteiger partial charge in [0, 0.05) is 26.5 Å². The molecule has 1 rings (SSSR count). The molecule has 0 aliphatic carbocycles. The highest BCUT2D eigenvalue weighted by molar-refractivity contribution is 7.90. The van der Waals surface area contributed by atoms with Gasteiger partial charge in [0.25, 0.3) is 0 Å². The SMILES string of the molecule is COCCOCCCCNc1ccc(S(C)(=O)=O)cc1N. The Hall–Kier alpha value is -1.31. The number of sulfone groups is 1. The fourth-order valence-corrected chi connectivity index (χ4v) is 2.39. The van der Waals surface area contributed by atoms with Crippen LogP contribution in [0.1, 0.15) is 12.8 Å². The van der Waals surface area contributed by atoms with E-state index >= 15 is 0 Å². The van der Waals surface area contributed by atoms with Crippen molar-refractivity contribution in [2.45, 2.75) is 17.7 Å². The molecule has 0 saturated heterocycles. The van der Waals surface area contributed by atoms with Gasteiger partial charge in [0.2, 0.25) is 0 Å². The molecule has 0 atom stereocenters. The van der Waals surface area contributed by atoms with Gasteiger partial charge in [0.05, 0.1) is 29.5 Å². The van der Waals surface area contributed by atoms with E-state index in [-0.39, 0.29) is 4.90 Å². The molecule has 6 nitrogen and oxygen atoms in total. The highest BCUT2D eigenvalue weighted by Crippen LogP contribution is 2.22. The summed E-state index contributed by atoms with van der Waals surface area (Å²) in [6.07, 6.45) is 3.05. The van der Waals surface area contributed by atoms with Crippen molar-refractivity contribution in [1.29, 1.82) is 0 Å². The van der Waals surface area contributed by atoms with Gasteiger partial charge in [-0.1, -0.05) is 0 Å². The first-order valence-corrected chi connectivity index (χ1v) is 8.74. The zero-order valence-electron chi connectivity index (χ0n) is 12.6. The number of nitrogens with one attached hydrogen (secondary N) is 1. The largest absolute Gasteiger partial charge is 0.397 e. The summed E-state index contributed by atoms with van der Waals surface area (Å²) in [7, 11) is -1.57. The van der Waals surface area contributed by atoms with E-state index in [9.17, 15) is 8.42 Å². The van der Waals surface area contributed by atoms with Crippen LogP contribution in [0.15, 0.2) is 23.1 Å². The molecule has 0 spiro atoms. The quantitative estimate of drug-likeness (QED) is 0.502. The molecule has 3 N–H and O–H groups in total. The molecule has 7 heteroatoms. The molecule has 1 aromatic rings. The molecule has 0 aliphatic rings. The van der Waals surface area contributed by atoms with Gasteiger partial charge >= 0.3 is 0 Å². The Kier molecular flexibility index (Phi) is 7.49. The van der Waals surface area contributed by atoms with Crippen LogP contribution in [0.25, 0.3) is 0 Å². The van der Waals surface area contributed by atoms with Crippen molar-refractivity contribution in [2.75, 3.05) is 50.8 Å². The Labute approximate surface area is 126 Å². The second kappa shape index (κ2) is 8.86. The predicted octanol–water partition coefficient (Wildman–Crippen LogP) is 1.53. The second-order valence-electron chi connectivity index (χ2n) is 4.76. The van der Waals surface area contributed by atoms with Gasteiger partial charge in [-0.2, -0.15) is 0 Å². The summed E-state index contributed by atoms with van der Waals surface area (Å²) in [6, 6.07) is 4.73. The van der Waals surface area contributed by atoms with E-state index < -0.39 is 9.84 Å². The molecule has 0 aliphatic heterocycles. The van der Waals surface area contributed by atoms with Crippen LogP contribution in [0.5, 0.6) is 0 Å². The highest BCUT2D eigenvalue weighted by atomic mass is 32.2. The maximum Gasteiger partial charge on any atom is 0.175 e. The third kappa shape index (κ3) is 6.79. The molecule has 0 heterocycles. The number of ether oxygens (including phenoxy) is 2. The van der Waals surface area contributed by atoms with Crippen molar-refractivity contribution in [1.82, 2.24) is 0 Å². The van der Waals surface area contributed by atoms with Gasteiger partial charge in [0.1, 0.15) is 0 Å². The zero-order valence-corrected chi connectivity index (χ0v) is 13.4. The van der Waals surface area contributed by atoms with Gasteiger partial charge in [0.15, 0.2) is 9.84 Å². The fourth-order valence-electron chi connectivity index (χ4n) is 1.73. The number of hydrogen-bond donors (Lipinski definition) is 2. The van der Waals surface area contributed by atoms with Crippen molar-refractivity contribution in [3.05, 3.63) is 18.2 Å². The number of rotatable bonds is 10. The van der Waals surface area contributed by atoms with E-state index in [0.717, 1.165) is 25.1 Å². The second-order valence-corrected chi connectivity index (χ2v) is 6.78. The summed E-state index contributed by atoms with van der Waals surface area (Å²) >= 11 is 0. The lowest BCUT2D eigenvalue weighted by molar-refractivity contribution is 0.0691. The van der Waals surface area contributed by atoms with Gasteiger partial charge in [-0.25, -0.2) is 8.42 Å². The number of nitrogen functional groups attached to an aromatic ring is 1. The summed E-state index contributed by atoms with van der Waals surface area (Å²) in [5, 5.41) is 3.19. The molecule has 0 saturated carbocycles. The maximum absolute atomic E-state index is 11.4. The lowest BCUT2D eigenvalue weighted by atomic mass is 10.2. The van der Waals surface area contributed by atoms with Crippen LogP contribution in [0.3, 0.4) is 0 Å². The van der Waals surface area contributed by atoms with Gasteiger partial charge < -0.3 is 20.5 Å². The normalized spacial score (nSPS) is 11.5. The minimum Gasteiger partial charge on any atom is -0.397 e. The maximum atomic E-state index is 11.4. The smallest absolute Gasteiger partial charge is 0.175 e. The number of unbranched alkanes of at least 4 members (excludes halogenated alkanes) is 1. The molecule has 0 radical (unpaired) electrons. The average Bonchev–Trinajstić information content (AvgIpc) is 2.42. The molecule has 0 amide bonds. The van der Waals surface area contributed by atoms with Crippen LogP contribution in [-0.2, 0) is 19.3 Å². The van der Waals surface area contributed by atoms with Crippen molar-refractivity contribution >= 4 is 21.2 Å². The summed E-state index contributed by atoms with van der Waals surface area (Å²) in [6.45, 7) is 2.69. The number of benzene rings is 1. The topological polar surface area (TPSA) is 90.6 Å². The lowest BCUT2D eigenvalue weighted by Crippen LogP contribution is -2.08. The average molecular weight is 316 g/mol.